The SMILES string of the molecule is [CH2]SCC(C)(C)CC. The Bertz CT molecular complexity index is 57.4. The van der Waals surface area contributed by atoms with Crippen molar-refractivity contribution in [2.24, 2.45) is 5.41 Å². The first-order valence-corrected chi connectivity index (χ1v) is 4.15. The summed E-state index contributed by atoms with van der Waals surface area (Å²) in [7, 11) is 0. The summed E-state index contributed by atoms with van der Waals surface area (Å²) in [6, 6.07) is 0. The van der Waals surface area contributed by atoms with Gasteiger partial charge in [-0.2, -0.15) is 11.8 Å². The molecule has 0 amide bonds. The van der Waals surface area contributed by atoms with Crippen LogP contribution in [-0.2, 0) is 0 Å². The normalized spacial score (nSPS) is 12.0. The van der Waals surface area contributed by atoms with Crippen LogP contribution in [-0.4, -0.2) is 5.75 Å². The van der Waals surface area contributed by atoms with Gasteiger partial charge in [0, 0.05) is 6.26 Å². The first kappa shape index (κ1) is 8.35. The fraction of sp³-hybridized carbons (Fsp3) is 0.857. The molecule has 0 atom stereocenters. The molecule has 0 heterocycles. The maximum atomic E-state index is 3.74. The van der Waals surface area contributed by atoms with Gasteiger partial charge in [0.25, 0.3) is 0 Å². The van der Waals surface area contributed by atoms with E-state index in [4.69, 9.17) is 0 Å². The van der Waals surface area contributed by atoms with Gasteiger partial charge in [-0.1, -0.05) is 27.2 Å². The Morgan fingerprint density at radius 2 is 2.00 bits per heavy atom. The number of hydrogen-bond donors (Lipinski definition) is 0. The highest BCUT2D eigenvalue weighted by Crippen LogP contribution is 2.23. The Morgan fingerprint density at radius 3 is 2.12 bits per heavy atom. The minimum Gasteiger partial charge on any atom is -0.161 e. The van der Waals surface area contributed by atoms with Gasteiger partial charge in [0.15, 0.2) is 0 Å². The van der Waals surface area contributed by atoms with E-state index >= 15 is 0 Å². The van der Waals surface area contributed by atoms with Gasteiger partial charge in [0.05, 0.1) is 0 Å². The van der Waals surface area contributed by atoms with Crippen molar-refractivity contribution in [1.29, 1.82) is 0 Å². The van der Waals surface area contributed by atoms with Crippen LogP contribution in [0, 0.1) is 11.7 Å². The van der Waals surface area contributed by atoms with Gasteiger partial charge >= 0.3 is 0 Å². The molecule has 8 heavy (non-hydrogen) atoms. The van der Waals surface area contributed by atoms with E-state index in [1.807, 2.05) is 0 Å². The van der Waals surface area contributed by atoms with Crippen LogP contribution in [0.25, 0.3) is 0 Å². The zero-order valence-corrected chi connectivity index (χ0v) is 6.85. The van der Waals surface area contributed by atoms with Crippen LogP contribution in [0.15, 0.2) is 0 Å². The van der Waals surface area contributed by atoms with Gasteiger partial charge in [0.2, 0.25) is 0 Å². The Labute approximate surface area is 57.1 Å². The van der Waals surface area contributed by atoms with Crippen molar-refractivity contribution in [3.63, 3.8) is 0 Å². The number of hydrogen-bond acceptors (Lipinski definition) is 1. The molecule has 0 aromatic rings. The van der Waals surface area contributed by atoms with E-state index in [0.717, 1.165) is 0 Å². The lowest BCUT2D eigenvalue weighted by molar-refractivity contribution is 0.408. The molecule has 0 bridgehead atoms. The van der Waals surface area contributed by atoms with Crippen molar-refractivity contribution in [3.8, 4) is 0 Å². The van der Waals surface area contributed by atoms with Crippen LogP contribution >= 0.6 is 11.8 Å². The summed E-state index contributed by atoms with van der Waals surface area (Å²) in [4.78, 5) is 0. The Kier molecular flexibility index (Phi) is 3.54. The van der Waals surface area contributed by atoms with Crippen molar-refractivity contribution >= 4 is 11.8 Å². The van der Waals surface area contributed by atoms with E-state index in [9.17, 15) is 0 Å². The first-order chi connectivity index (χ1) is 3.62. The van der Waals surface area contributed by atoms with Gasteiger partial charge < -0.3 is 0 Å². The van der Waals surface area contributed by atoms with Gasteiger partial charge in [-0.25, -0.2) is 0 Å². The second-order valence-electron chi connectivity index (χ2n) is 2.87. The lowest BCUT2D eigenvalue weighted by atomic mass is 9.93. The summed E-state index contributed by atoms with van der Waals surface area (Å²) in [5, 5.41) is 0. The van der Waals surface area contributed by atoms with Crippen LogP contribution in [0.2, 0.25) is 0 Å². The maximum Gasteiger partial charge on any atom is 0.00237 e. The minimum absolute atomic E-state index is 0.492. The van der Waals surface area contributed by atoms with E-state index < -0.39 is 0 Å². The molecule has 0 N–H and O–H groups in total. The monoisotopic (exact) mass is 131 g/mol. The topological polar surface area (TPSA) is 0 Å². The summed E-state index contributed by atoms with van der Waals surface area (Å²) >= 11 is 1.68. The summed E-state index contributed by atoms with van der Waals surface area (Å²) < 4.78 is 0. The average Bonchev–Trinajstić information content (AvgIpc) is 1.67. The molecule has 0 aliphatic heterocycles. The molecule has 49 valence electrons. The summed E-state index contributed by atoms with van der Waals surface area (Å²) in [5.74, 6) is 1.17. The predicted molar refractivity (Wildman–Crippen MR) is 41.9 cm³/mol. The second kappa shape index (κ2) is 3.39. The fourth-order valence-corrected chi connectivity index (χ4v) is 1.14. The van der Waals surface area contributed by atoms with Crippen molar-refractivity contribution in [3.05, 3.63) is 6.26 Å². The molecule has 0 saturated heterocycles. The van der Waals surface area contributed by atoms with Crippen LogP contribution in [0.1, 0.15) is 27.2 Å². The van der Waals surface area contributed by atoms with Gasteiger partial charge in [-0.15, -0.1) is 0 Å². The second-order valence-corrected chi connectivity index (χ2v) is 3.56. The lowest BCUT2D eigenvalue weighted by Gasteiger charge is -2.20. The highest BCUT2D eigenvalue weighted by Gasteiger charge is 2.12. The third-order valence-corrected chi connectivity index (χ3v) is 2.44. The Morgan fingerprint density at radius 1 is 1.50 bits per heavy atom. The summed E-state index contributed by atoms with van der Waals surface area (Å²) in [6.07, 6.45) is 4.98. The van der Waals surface area contributed by atoms with Crippen LogP contribution in [0.4, 0.5) is 0 Å². The molecule has 0 unspecified atom stereocenters. The number of thioether (sulfide) groups is 1. The smallest absolute Gasteiger partial charge is 0.00237 e. The van der Waals surface area contributed by atoms with E-state index in [1.54, 1.807) is 11.8 Å². The van der Waals surface area contributed by atoms with Gasteiger partial charge in [0.1, 0.15) is 0 Å². The van der Waals surface area contributed by atoms with Crippen molar-refractivity contribution in [2.45, 2.75) is 27.2 Å². The van der Waals surface area contributed by atoms with Crippen LogP contribution in [0.3, 0.4) is 0 Å². The predicted octanol–water partition coefficient (Wildman–Crippen LogP) is 2.95. The molecular weight excluding hydrogens is 116 g/mol. The molecule has 0 rings (SSSR count). The standard InChI is InChI=1S/C7H15S/c1-5-7(2,3)6-8-4/h4-6H2,1-3H3. The molecule has 0 aromatic carbocycles. The molecule has 0 nitrogen and oxygen atoms in total. The zero-order valence-electron chi connectivity index (χ0n) is 6.03. The Balaban J connectivity index is 3.37. The highest BCUT2D eigenvalue weighted by molar-refractivity contribution is 8.00. The third-order valence-electron chi connectivity index (χ3n) is 1.45. The van der Waals surface area contributed by atoms with Crippen LogP contribution < -0.4 is 0 Å². The minimum atomic E-state index is 0.492. The zero-order chi connectivity index (χ0) is 6.62. The average molecular weight is 131 g/mol. The quantitative estimate of drug-likeness (QED) is 0.567. The van der Waals surface area contributed by atoms with E-state index in [2.05, 4.69) is 27.0 Å². The lowest BCUT2D eigenvalue weighted by Crippen LogP contribution is -2.11. The highest BCUT2D eigenvalue weighted by atomic mass is 32.2. The molecule has 0 aliphatic rings. The molecular formula is C7H15S. The molecule has 0 aliphatic carbocycles. The van der Waals surface area contributed by atoms with Crippen molar-refractivity contribution in [2.75, 3.05) is 5.75 Å². The first-order valence-electron chi connectivity index (χ1n) is 2.99. The number of rotatable bonds is 3. The maximum absolute atomic E-state index is 3.74. The Hall–Kier alpha value is 0.350. The van der Waals surface area contributed by atoms with Gasteiger partial charge in [-0.3, -0.25) is 0 Å². The van der Waals surface area contributed by atoms with Crippen molar-refractivity contribution < 1.29 is 0 Å². The fourth-order valence-electron chi connectivity index (χ4n) is 0.378. The summed E-state index contributed by atoms with van der Waals surface area (Å²) in [5.41, 5.74) is 0.492. The van der Waals surface area contributed by atoms with E-state index in [0.29, 0.717) is 5.41 Å². The van der Waals surface area contributed by atoms with E-state index in [1.165, 1.54) is 12.2 Å². The van der Waals surface area contributed by atoms with E-state index in [-0.39, 0.29) is 0 Å². The molecule has 0 aromatic heterocycles. The summed E-state index contributed by atoms with van der Waals surface area (Å²) in [6.45, 7) is 6.76. The van der Waals surface area contributed by atoms with Gasteiger partial charge in [-0.05, 0) is 11.2 Å². The third kappa shape index (κ3) is 3.36. The largest absolute Gasteiger partial charge is 0.161 e. The molecule has 1 radical (unpaired) electrons. The molecule has 0 spiro atoms. The van der Waals surface area contributed by atoms with Crippen LogP contribution in [0.5, 0.6) is 0 Å². The molecule has 1 heteroatoms. The van der Waals surface area contributed by atoms with Crippen molar-refractivity contribution in [1.82, 2.24) is 0 Å². The molecule has 0 fully saturated rings. The molecule has 0 saturated carbocycles.